The average Bonchev–Trinajstić information content (AvgIpc) is 2.49. The monoisotopic (exact) mass is 216 g/mol. The van der Waals surface area contributed by atoms with Gasteiger partial charge in [0.1, 0.15) is 0 Å². The van der Waals surface area contributed by atoms with Crippen LogP contribution in [0.4, 0.5) is 0 Å². The second kappa shape index (κ2) is 4.21. The lowest BCUT2D eigenvalue weighted by Crippen LogP contribution is -2.10. The van der Waals surface area contributed by atoms with Crippen molar-refractivity contribution in [2.45, 2.75) is 44.9 Å². The third-order valence-corrected chi connectivity index (χ3v) is 4.32. The fourth-order valence-electron chi connectivity index (χ4n) is 3.57. The quantitative estimate of drug-likeness (QED) is 0.711. The van der Waals surface area contributed by atoms with Crippen LogP contribution in [0.2, 0.25) is 0 Å². The lowest BCUT2D eigenvalue weighted by molar-refractivity contribution is 0.260. The zero-order valence-electron chi connectivity index (χ0n) is 9.84. The van der Waals surface area contributed by atoms with Gasteiger partial charge in [-0.05, 0) is 49.7 Å². The molecule has 0 fully saturated rings. The second-order valence-corrected chi connectivity index (χ2v) is 5.18. The Kier molecular flexibility index (Phi) is 2.72. The number of fused-ring (bicyclic) bond motifs is 1. The van der Waals surface area contributed by atoms with Crippen LogP contribution in [0.25, 0.3) is 0 Å². The Bertz CT molecular complexity index is 384. The van der Waals surface area contributed by atoms with Crippen LogP contribution in [-0.4, -0.2) is 11.7 Å². The smallest absolute Gasteiger partial charge is 0.0534 e. The molecule has 1 N–H and O–H groups in total. The summed E-state index contributed by atoms with van der Waals surface area (Å²) in [7, 11) is 0. The SMILES string of the molecule is OCC1C2=C(C=CCC2)C2=C1CCCCC2. The Morgan fingerprint density at radius 1 is 1.06 bits per heavy atom. The van der Waals surface area contributed by atoms with Gasteiger partial charge in [-0.25, -0.2) is 0 Å². The molecule has 0 aliphatic heterocycles. The molecule has 3 aliphatic rings. The zero-order chi connectivity index (χ0) is 11.0. The molecule has 1 atom stereocenters. The van der Waals surface area contributed by atoms with E-state index in [1.165, 1.54) is 49.7 Å². The predicted molar refractivity (Wildman–Crippen MR) is 66.1 cm³/mol. The first kappa shape index (κ1) is 10.3. The van der Waals surface area contributed by atoms with Gasteiger partial charge >= 0.3 is 0 Å². The number of hydrogen-bond acceptors (Lipinski definition) is 1. The summed E-state index contributed by atoms with van der Waals surface area (Å²) >= 11 is 0. The molecule has 16 heavy (non-hydrogen) atoms. The van der Waals surface area contributed by atoms with Gasteiger partial charge in [0, 0.05) is 5.92 Å². The summed E-state index contributed by atoms with van der Waals surface area (Å²) in [6.07, 6.45) is 13.4. The van der Waals surface area contributed by atoms with Gasteiger partial charge in [-0.1, -0.05) is 29.7 Å². The van der Waals surface area contributed by atoms with Gasteiger partial charge in [0.05, 0.1) is 6.61 Å². The van der Waals surface area contributed by atoms with Crippen molar-refractivity contribution < 1.29 is 5.11 Å². The van der Waals surface area contributed by atoms with Crippen LogP contribution < -0.4 is 0 Å². The highest BCUT2D eigenvalue weighted by atomic mass is 16.3. The molecule has 1 unspecified atom stereocenters. The Labute approximate surface area is 97.6 Å². The topological polar surface area (TPSA) is 20.2 Å². The molecular formula is C15H20O. The van der Waals surface area contributed by atoms with E-state index < -0.39 is 0 Å². The van der Waals surface area contributed by atoms with Crippen LogP contribution in [0.5, 0.6) is 0 Å². The number of allylic oxidation sites excluding steroid dienone is 4. The molecule has 0 bridgehead atoms. The summed E-state index contributed by atoms with van der Waals surface area (Å²) in [6, 6.07) is 0. The number of aliphatic hydroxyl groups is 1. The first-order chi connectivity index (χ1) is 7.92. The molecule has 0 amide bonds. The van der Waals surface area contributed by atoms with Crippen molar-refractivity contribution in [2.24, 2.45) is 5.92 Å². The van der Waals surface area contributed by atoms with Gasteiger partial charge in [-0.3, -0.25) is 0 Å². The van der Waals surface area contributed by atoms with Crippen molar-refractivity contribution >= 4 is 0 Å². The van der Waals surface area contributed by atoms with Gasteiger partial charge in [-0.15, -0.1) is 0 Å². The summed E-state index contributed by atoms with van der Waals surface area (Å²) in [5.74, 6) is 0.382. The van der Waals surface area contributed by atoms with Gasteiger partial charge < -0.3 is 5.11 Å². The molecule has 0 spiro atoms. The zero-order valence-corrected chi connectivity index (χ0v) is 9.84. The van der Waals surface area contributed by atoms with Crippen molar-refractivity contribution in [3.8, 4) is 0 Å². The van der Waals surface area contributed by atoms with Crippen LogP contribution in [0, 0.1) is 5.92 Å². The third kappa shape index (κ3) is 1.49. The van der Waals surface area contributed by atoms with E-state index >= 15 is 0 Å². The van der Waals surface area contributed by atoms with E-state index in [1.807, 2.05) is 0 Å². The van der Waals surface area contributed by atoms with Gasteiger partial charge in [0.2, 0.25) is 0 Å². The minimum absolute atomic E-state index is 0.325. The second-order valence-electron chi connectivity index (χ2n) is 5.18. The molecule has 0 saturated carbocycles. The molecule has 0 saturated heterocycles. The maximum Gasteiger partial charge on any atom is 0.0534 e. The average molecular weight is 216 g/mol. The molecule has 3 aliphatic carbocycles. The summed E-state index contributed by atoms with van der Waals surface area (Å²) in [6.45, 7) is 0.325. The third-order valence-electron chi connectivity index (χ3n) is 4.32. The van der Waals surface area contributed by atoms with Crippen LogP contribution in [-0.2, 0) is 0 Å². The lowest BCUT2D eigenvalue weighted by Gasteiger charge is -2.18. The highest BCUT2D eigenvalue weighted by Crippen LogP contribution is 2.46. The van der Waals surface area contributed by atoms with E-state index in [0.717, 1.165) is 6.42 Å². The molecule has 0 radical (unpaired) electrons. The Balaban J connectivity index is 2.02. The fourth-order valence-corrected chi connectivity index (χ4v) is 3.57. The maximum atomic E-state index is 9.64. The molecule has 0 heterocycles. The minimum atomic E-state index is 0.325. The Morgan fingerprint density at radius 2 is 1.94 bits per heavy atom. The number of rotatable bonds is 1. The molecule has 1 nitrogen and oxygen atoms in total. The standard InChI is InChI=1S/C15H20O/c16-10-15-13-7-3-1-2-6-11(13)12-8-4-5-9-14(12)15/h4,8,15-16H,1-3,5-7,9-10H2. The number of hydrogen-bond donors (Lipinski definition) is 1. The molecule has 1 heteroatoms. The molecule has 86 valence electrons. The summed E-state index contributed by atoms with van der Waals surface area (Å²) in [4.78, 5) is 0. The van der Waals surface area contributed by atoms with Crippen LogP contribution >= 0.6 is 0 Å². The van der Waals surface area contributed by atoms with E-state index in [4.69, 9.17) is 0 Å². The number of aliphatic hydroxyl groups excluding tert-OH is 1. The molecule has 0 aromatic rings. The fraction of sp³-hybridized carbons (Fsp3) is 0.600. The molecule has 3 rings (SSSR count). The predicted octanol–water partition coefficient (Wildman–Crippen LogP) is 3.52. The highest BCUT2D eigenvalue weighted by molar-refractivity contribution is 5.56. The lowest BCUT2D eigenvalue weighted by atomic mass is 9.88. The first-order valence-electron chi connectivity index (χ1n) is 6.64. The van der Waals surface area contributed by atoms with Crippen molar-refractivity contribution in [3.05, 3.63) is 34.4 Å². The maximum absolute atomic E-state index is 9.64. The van der Waals surface area contributed by atoms with Crippen molar-refractivity contribution in [2.75, 3.05) is 6.61 Å². The van der Waals surface area contributed by atoms with E-state index in [2.05, 4.69) is 12.2 Å². The van der Waals surface area contributed by atoms with Gasteiger partial charge in [-0.2, -0.15) is 0 Å². The van der Waals surface area contributed by atoms with Crippen LogP contribution in [0.1, 0.15) is 44.9 Å². The van der Waals surface area contributed by atoms with Gasteiger partial charge in [0.25, 0.3) is 0 Å². The van der Waals surface area contributed by atoms with E-state index in [-0.39, 0.29) is 0 Å². The van der Waals surface area contributed by atoms with Crippen molar-refractivity contribution in [1.82, 2.24) is 0 Å². The van der Waals surface area contributed by atoms with E-state index in [1.54, 1.807) is 11.1 Å². The summed E-state index contributed by atoms with van der Waals surface area (Å²) < 4.78 is 0. The molecular weight excluding hydrogens is 196 g/mol. The highest BCUT2D eigenvalue weighted by Gasteiger charge is 2.32. The minimum Gasteiger partial charge on any atom is -0.395 e. The van der Waals surface area contributed by atoms with Crippen LogP contribution in [0.3, 0.4) is 0 Å². The van der Waals surface area contributed by atoms with Crippen molar-refractivity contribution in [1.29, 1.82) is 0 Å². The summed E-state index contributed by atoms with van der Waals surface area (Å²) in [5, 5.41) is 9.64. The first-order valence-corrected chi connectivity index (χ1v) is 6.64. The van der Waals surface area contributed by atoms with Gasteiger partial charge in [0.15, 0.2) is 0 Å². The molecule has 0 aromatic heterocycles. The van der Waals surface area contributed by atoms with Crippen molar-refractivity contribution in [3.63, 3.8) is 0 Å². The molecule has 0 aromatic carbocycles. The largest absolute Gasteiger partial charge is 0.395 e. The normalized spacial score (nSPS) is 29.2. The van der Waals surface area contributed by atoms with E-state index in [0.29, 0.717) is 12.5 Å². The Morgan fingerprint density at radius 3 is 2.81 bits per heavy atom. The van der Waals surface area contributed by atoms with Crippen LogP contribution in [0.15, 0.2) is 34.4 Å². The van der Waals surface area contributed by atoms with E-state index in [9.17, 15) is 5.11 Å². The summed E-state index contributed by atoms with van der Waals surface area (Å²) in [5.41, 5.74) is 6.22. The Hall–Kier alpha value is -0.820.